The van der Waals surface area contributed by atoms with E-state index in [9.17, 15) is 4.79 Å². The van der Waals surface area contributed by atoms with Crippen LogP contribution in [0.25, 0.3) is 0 Å². The minimum absolute atomic E-state index is 0.0389. The SMILES string of the molecule is CC1(C)CCN(C(=O)c2ncn[nH]2)CC1. The number of hydrogen-bond donors (Lipinski definition) is 1. The summed E-state index contributed by atoms with van der Waals surface area (Å²) in [6, 6.07) is 0. The summed E-state index contributed by atoms with van der Waals surface area (Å²) in [6.07, 6.45) is 3.46. The molecule has 1 aromatic rings. The molecule has 0 saturated carbocycles. The van der Waals surface area contributed by atoms with Crippen molar-refractivity contribution < 1.29 is 4.79 Å². The Labute approximate surface area is 88.9 Å². The molecule has 0 radical (unpaired) electrons. The predicted octanol–water partition coefficient (Wildman–Crippen LogP) is 1.07. The molecule has 15 heavy (non-hydrogen) atoms. The van der Waals surface area contributed by atoms with E-state index >= 15 is 0 Å². The van der Waals surface area contributed by atoms with E-state index in [2.05, 4.69) is 29.0 Å². The van der Waals surface area contributed by atoms with Crippen LogP contribution < -0.4 is 0 Å². The Kier molecular flexibility index (Phi) is 2.46. The molecule has 2 heterocycles. The molecule has 0 bridgehead atoms. The number of aromatic nitrogens is 3. The van der Waals surface area contributed by atoms with Gasteiger partial charge in [0.1, 0.15) is 6.33 Å². The van der Waals surface area contributed by atoms with Crippen molar-refractivity contribution in [3.63, 3.8) is 0 Å². The van der Waals surface area contributed by atoms with Gasteiger partial charge in [-0.15, -0.1) is 0 Å². The lowest BCUT2D eigenvalue weighted by molar-refractivity contribution is 0.0618. The normalized spacial score (nSPS) is 20.3. The molecule has 0 spiro atoms. The van der Waals surface area contributed by atoms with E-state index in [4.69, 9.17) is 0 Å². The maximum Gasteiger partial charge on any atom is 0.291 e. The number of carbonyl (C=O) groups is 1. The molecule has 1 aromatic heterocycles. The number of H-pyrrole nitrogens is 1. The Bertz CT molecular complexity index is 334. The van der Waals surface area contributed by atoms with Gasteiger partial charge in [-0.25, -0.2) is 4.98 Å². The van der Waals surface area contributed by atoms with Crippen LogP contribution in [0.5, 0.6) is 0 Å². The van der Waals surface area contributed by atoms with Crippen molar-refractivity contribution in [3.8, 4) is 0 Å². The number of hydrogen-bond acceptors (Lipinski definition) is 3. The number of carbonyl (C=O) groups excluding carboxylic acids is 1. The highest BCUT2D eigenvalue weighted by Crippen LogP contribution is 2.29. The summed E-state index contributed by atoms with van der Waals surface area (Å²) in [7, 11) is 0. The number of piperidine rings is 1. The van der Waals surface area contributed by atoms with Crippen LogP contribution in [-0.4, -0.2) is 39.1 Å². The van der Waals surface area contributed by atoms with Gasteiger partial charge in [0.2, 0.25) is 5.82 Å². The molecule has 0 atom stereocenters. The fourth-order valence-corrected chi connectivity index (χ4v) is 1.77. The average molecular weight is 208 g/mol. The first-order valence-corrected chi connectivity index (χ1v) is 5.23. The number of aromatic amines is 1. The van der Waals surface area contributed by atoms with Gasteiger partial charge >= 0.3 is 0 Å². The number of likely N-dealkylation sites (tertiary alicyclic amines) is 1. The Morgan fingerprint density at radius 2 is 2.13 bits per heavy atom. The van der Waals surface area contributed by atoms with Crippen molar-refractivity contribution in [2.45, 2.75) is 26.7 Å². The second-order valence-corrected chi connectivity index (χ2v) is 4.79. The molecule has 1 amide bonds. The highest BCUT2D eigenvalue weighted by Gasteiger charge is 2.29. The monoisotopic (exact) mass is 208 g/mol. The smallest absolute Gasteiger partial charge is 0.291 e. The first-order chi connectivity index (χ1) is 7.08. The van der Waals surface area contributed by atoms with Crippen molar-refractivity contribution in [3.05, 3.63) is 12.2 Å². The second-order valence-electron chi connectivity index (χ2n) is 4.79. The highest BCUT2D eigenvalue weighted by molar-refractivity contribution is 5.90. The molecule has 0 aliphatic carbocycles. The zero-order chi connectivity index (χ0) is 10.9. The fraction of sp³-hybridized carbons (Fsp3) is 0.700. The molecule has 1 N–H and O–H groups in total. The summed E-state index contributed by atoms with van der Waals surface area (Å²) < 4.78 is 0. The van der Waals surface area contributed by atoms with Gasteiger partial charge in [0.05, 0.1) is 0 Å². The van der Waals surface area contributed by atoms with E-state index < -0.39 is 0 Å². The van der Waals surface area contributed by atoms with Gasteiger partial charge < -0.3 is 4.90 Å². The van der Waals surface area contributed by atoms with Crippen LogP contribution >= 0.6 is 0 Å². The summed E-state index contributed by atoms with van der Waals surface area (Å²) >= 11 is 0. The molecule has 1 aliphatic heterocycles. The Hall–Kier alpha value is -1.39. The lowest BCUT2D eigenvalue weighted by Crippen LogP contribution is -2.41. The summed E-state index contributed by atoms with van der Waals surface area (Å²) in [6.45, 7) is 6.10. The van der Waals surface area contributed by atoms with Crippen LogP contribution in [0.4, 0.5) is 0 Å². The molecule has 1 saturated heterocycles. The molecule has 1 fully saturated rings. The average Bonchev–Trinajstić information content (AvgIpc) is 2.69. The first-order valence-electron chi connectivity index (χ1n) is 5.23. The van der Waals surface area contributed by atoms with Gasteiger partial charge in [-0.2, -0.15) is 5.10 Å². The predicted molar refractivity (Wildman–Crippen MR) is 55.3 cm³/mol. The molecule has 5 heteroatoms. The number of rotatable bonds is 1. The van der Waals surface area contributed by atoms with E-state index in [1.165, 1.54) is 6.33 Å². The van der Waals surface area contributed by atoms with Gasteiger partial charge in [-0.05, 0) is 18.3 Å². The molecular formula is C10H16N4O. The van der Waals surface area contributed by atoms with Crippen LogP contribution in [0.3, 0.4) is 0 Å². The van der Waals surface area contributed by atoms with Crippen molar-refractivity contribution in [2.75, 3.05) is 13.1 Å². The van der Waals surface area contributed by atoms with Crippen molar-refractivity contribution in [1.82, 2.24) is 20.1 Å². The van der Waals surface area contributed by atoms with Crippen LogP contribution in [0.2, 0.25) is 0 Å². The van der Waals surface area contributed by atoms with E-state index in [-0.39, 0.29) is 5.91 Å². The Morgan fingerprint density at radius 1 is 1.47 bits per heavy atom. The van der Waals surface area contributed by atoms with Crippen molar-refractivity contribution >= 4 is 5.91 Å². The highest BCUT2D eigenvalue weighted by atomic mass is 16.2. The van der Waals surface area contributed by atoms with Gasteiger partial charge in [0.15, 0.2) is 0 Å². The maximum absolute atomic E-state index is 11.9. The van der Waals surface area contributed by atoms with Crippen LogP contribution in [0.15, 0.2) is 6.33 Å². The standard InChI is InChI=1S/C10H16N4O/c1-10(2)3-5-14(6-4-10)9(15)8-11-7-12-13-8/h7H,3-6H2,1-2H3,(H,11,12,13). The summed E-state index contributed by atoms with van der Waals surface area (Å²) in [5.74, 6) is 0.303. The molecule has 82 valence electrons. The zero-order valence-electron chi connectivity index (χ0n) is 9.16. The third kappa shape index (κ3) is 2.16. The molecule has 0 unspecified atom stereocenters. The van der Waals surface area contributed by atoms with Gasteiger partial charge in [-0.3, -0.25) is 9.89 Å². The van der Waals surface area contributed by atoms with Crippen molar-refractivity contribution in [1.29, 1.82) is 0 Å². The minimum atomic E-state index is -0.0389. The second kappa shape index (κ2) is 3.64. The fourth-order valence-electron chi connectivity index (χ4n) is 1.77. The van der Waals surface area contributed by atoms with Gasteiger partial charge in [-0.1, -0.05) is 13.8 Å². The summed E-state index contributed by atoms with van der Waals surface area (Å²) in [5.41, 5.74) is 0.359. The third-order valence-electron chi connectivity index (χ3n) is 3.02. The Balaban J connectivity index is 2.00. The minimum Gasteiger partial charge on any atom is -0.336 e. The van der Waals surface area contributed by atoms with Crippen LogP contribution in [0.1, 0.15) is 37.3 Å². The Morgan fingerprint density at radius 3 is 2.67 bits per heavy atom. The molecule has 1 aliphatic rings. The van der Waals surface area contributed by atoms with Gasteiger partial charge in [0.25, 0.3) is 5.91 Å². The molecule has 5 nitrogen and oxygen atoms in total. The van der Waals surface area contributed by atoms with E-state index in [1.807, 2.05) is 4.90 Å². The quantitative estimate of drug-likeness (QED) is 0.750. The number of nitrogens with one attached hydrogen (secondary N) is 1. The van der Waals surface area contributed by atoms with Gasteiger partial charge in [0, 0.05) is 13.1 Å². The maximum atomic E-state index is 11.9. The lowest BCUT2D eigenvalue weighted by Gasteiger charge is -2.36. The van der Waals surface area contributed by atoms with E-state index in [0.29, 0.717) is 11.2 Å². The zero-order valence-corrected chi connectivity index (χ0v) is 9.16. The molecular weight excluding hydrogens is 192 g/mol. The summed E-state index contributed by atoms with van der Waals surface area (Å²) in [4.78, 5) is 17.6. The van der Waals surface area contributed by atoms with E-state index in [0.717, 1.165) is 25.9 Å². The third-order valence-corrected chi connectivity index (χ3v) is 3.02. The number of nitrogens with zero attached hydrogens (tertiary/aromatic N) is 3. The topological polar surface area (TPSA) is 61.9 Å². The molecule has 0 aromatic carbocycles. The lowest BCUT2D eigenvalue weighted by atomic mass is 9.83. The van der Waals surface area contributed by atoms with Crippen molar-refractivity contribution in [2.24, 2.45) is 5.41 Å². The molecule has 2 rings (SSSR count). The number of amides is 1. The van der Waals surface area contributed by atoms with Crippen LogP contribution in [0, 0.1) is 5.41 Å². The van der Waals surface area contributed by atoms with Crippen LogP contribution in [-0.2, 0) is 0 Å². The largest absolute Gasteiger partial charge is 0.336 e. The first kappa shape index (κ1) is 10.1. The van der Waals surface area contributed by atoms with E-state index in [1.54, 1.807) is 0 Å². The summed E-state index contributed by atoms with van der Waals surface area (Å²) in [5, 5.41) is 6.29.